The fourth-order valence-electron chi connectivity index (χ4n) is 1.88. The van der Waals surface area contributed by atoms with Gasteiger partial charge >= 0.3 is 0 Å². The molecule has 1 aromatic rings. The summed E-state index contributed by atoms with van der Waals surface area (Å²) < 4.78 is 0. The monoisotopic (exact) mass is 279 g/mol. The van der Waals surface area contributed by atoms with Crippen LogP contribution < -0.4 is 11.1 Å². The number of nitrogens with two attached hydrogens (primary N) is 1. The Morgan fingerprint density at radius 1 is 1.40 bits per heavy atom. The van der Waals surface area contributed by atoms with E-state index in [4.69, 9.17) is 16.0 Å². The molecule has 0 aliphatic carbocycles. The van der Waals surface area contributed by atoms with E-state index >= 15 is 0 Å². The highest BCUT2D eigenvalue weighted by Crippen LogP contribution is 2.14. The number of aliphatic hydroxyl groups excluding tert-OH is 1. The molecule has 0 heterocycles. The van der Waals surface area contributed by atoms with Crippen LogP contribution in [0.2, 0.25) is 0 Å². The van der Waals surface area contributed by atoms with Gasteiger partial charge in [0, 0.05) is 12.3 Å². The third-order valence-corrected chi connectivity index (χ3v) is 2.99. The number of amidine groups is 1. The fourth-order valence-corrected chi connectivity index (χ4v) is 1.88. The van der Waals surface area contributed by atoms with Crippen LogP contribution in [0.3, 0.4) is 0 Å². The average Bonchev–Trinajstić information content (AvgIpc) is 2.46. The van der Waals surface area contributed by atoms with Crippen molar-refractivity contribution in [3.8, 4) is 0 Å². The maximum Gasteiger partial charge on any atom is 0.235 e. The fraction of sp³-hybridized carbons (Fsp3) is 0.429. The van der Waals surface area contributed by atoms with Gasteiger partial charge in [0.25, 0.3) is 0 Å². The molecule has 0 fully saturated rings. The van der Waals surface area contributed by atoms with Gasteiger partial charge in [-0.25, -0.2) is 0 Å². The van der Waals surface area contributed by atoms with Crippen LogP contribution in [0, 0.1) is 5.92 Å². The van der Waals surface area contributed by atoms with Gasteiger partial charge < -0.3 is 21.4 Å². The molecule has 0 saturated carbocycles. The summed E-state index contributed by atoms with van der Waals surface area (Å²) in [7, 11) is 0. The van der Waals surface area contributed by atoms with Crippen molar-refractivity contribution in [2.75, 3.05) is 11.9 Å². The van der Waals surface area contributed by atoms with E-state index < -0.39 is 5.92 Å². The maximum atomic E-state index is 12.1. The summed E-state index contributed by atoms with van der Waals surface area (Å²) in [5.74, 6) is -1.01. The minimum atomic E-state index is -0.637. The Labute approximate surface area is 118 Å². The highest BCUT2D eigenvalue weighted by Gasteiger charge is 2.22. The smallest absolute Gasteiger partial charge is 0.235 e. The summed E-state index contributed by atoms with van der Waals surface area (Å²) in [6, 6.07) is 7.20. The van der Waals surface area contributed by atoms with Crippen molar-refractivity contribution in [1.29, 1.82) is 0 Å². The Morgan fingerprint density at radius 2 is 2.05 bits per heavy atom. The summed E-state index contributed by atoms with van der Waals surface area (Å²) in [6.45, 7) is 2.02. The summed E-state index contributed by atoms with van der Waals surface area (Å²) in [6.07, 6.45) is 1.85. The van der Waals surface area contributed by atoms with E-state index in [1.54, 1.807) is 12.1 Å². The maximum absolute atomic E-state index is 12.1. The number of hydrogen-bond acceptors (Lipinski definition) is 4. The highest BCUT2D eigenvalue weighted by molar-refractivity contribution is 6.07. The van der Waals surface area contributed by atoms with Crippen LogP contribution in [-0.4, -0.2) is 28.7 Å². The van der Waals surface area contributed by atoms with Crippen LogP contribution in [0.4, 0.5) is 5.69 Å². The summed E-state index contributed by atoms with van der Waals surface area (Å²) >= 11 is 0. The number of carbonyl (C=O) groups is 1. The van der Waals surface area contributed by atoms with Crippen LogP contribution >= 0.6 is 0 Å². The molecule has 0 saturated heterocycles. The van der Waals surface area contributed by atoms with Crippen LogP contribution in [0.5, 0.6) is 0 Å². The molecular formula is C14H21N3O3. The Bertz CT molecular complexity index is 457. The van der Waals surface area contributed by atoms with Crippen molar-refractivity contribution in [2.45, 2.75) is 26.2 Å². The van der Waals surface area contributed by atoms with Crippen molar-refractivity contribution >= 4 is 17.4 Å². The van der Waals surface area contributed by atoms with Gasteiger partial charge in [0.2, 0.25) is 5.91 Å². The van der Waals surface area contributed by atoms with Gasteiger partial charge in [-0.1, -0.05) is 30.6 Å². The SMILES string of the molecule is CCCC(C(=O)Nc1ccc(CCO)cc1)C(N)=NO. The average molecular weight is 279 g/mol. The van der Waals surface area contributed by atoms with Crippen molar-refractivity contribution in [3.63, 3.8) is 0 Å². The molecule has 0 aliphatic heterocycles. The van der Waals surface area contributed by atoms with E-state index in [-0.39, 0.29) is 18.3 Å². The molecule has 20 heavy (non-hydrogen) atoms. The minimum absolute atomic E-state index is 0.0822. The molecule has 0 radical (unpaired) electrons. The van der Waals surface area contributed by atoms with Gasteiger partial charge in [0.15, 0.2) is 5.84 Å². The summed E-state index contributed by atoms with van der Waals surface area (Å²) in [4.78, 5) is 12.1. The topological polar surface area (TPSA) is 108 Å². The molecule has 1 amide bonds. The third kappa shape index (κ3) is 4.55. The first kappa shape index (κ1) is 16.0. The molecule has 6 heteroatoms. The first-order valence-electron chi connectivity index (χ1n) is 6.60. The van der Waals surface area contributed by atoms with Gasteiger partial charge in [-0.05, 0) is 30.5 Å². The molecule has 0 bridgehead atoms. The number of amides is 1. The predicted molar refractivity (Wildman–Crippen MR) is 77.7 cm³/mol. The second-order valence-corrected chi connectivity index (χ2v) is 4.53. The number of carbonyl (C=O) groups excluding carboxylic acids is 1. The second-order valence-electron chi connectivity index (χ2n) is 4.53. The lowest BCUT2D eigenvalue weighted by atomic mass is 10.0. The lowest BCUT2D eigenvalue weighted by Gasteiger charge is -2.14. The van der Waals surface area contributed by atoms with Gasteiger partial charge in [0.05, 0.1) is 5.92 Å². The quantitative estimate of drug-likeness (QED) is 0.261. The third-order valence-electron chi connectivity index (χ3n) is 2.99. The number of benzene rings is 1. The number of oxime groups is 1. The van der Waals surface area contributed by atoms with E-state index in [0.717, 1.165) is 12.0 Å². The Hall–Kier alpha value is -2.08. The standard InChI is InChI=1S/C14H21N3O3/c1-2-3-12(13(15)17-20)14(19)16-11-6-4-10(5-7-11)8-9-18/h4-7,12,18,20H,2-3,8-9H2,1H3,(H2,15,17)(H,16,19). The van der Waals surface area contributed by atoms with Crippen LogP contribution in [0.1, 0.15) is 25.3 Å². The van der Waals surface area contributed by atoms with Gasteiger partial charge in [-0.3, -0.25) is 4.79 Å². The van der Waals surface area contributed by atoms with Crippen LogP contribution in [-0.2, 0) is 11.2 Å². The van der Waals surface area contributed by atoms with Crippen molar-refractivity contribution in [2.24, 2.45) is 16.8 Å². The highest BCUT2D eigenvalue weighted by atomic mass is 16.4. The lowest BCUT2D eigenvalue weighted by molar-refractivity contribution is -0.118. The molecular weight excluding hydrogens is 258 g/mol. The molecule has 1 unspecified atom stereocenters. The van der Waals surface area contributed by atoms with Crippen molar-refractivity contribution < 1.29 is 15.1 Å². The zero-order chi connectivity index (χ0) is 15.0. The molecule has 0 aromatic heterocycles. The number of nitrogens with one attached hydrogen (secondary N) is 1. The Morgan fingerprint density at radius 3 is 2.55 bits per heavy atom. The minimum Gasteiger partial charge on any atom is -0.409 e. The number of nitrogens with zero attached hydrogens (tertiary/aromatic N) is 1. The number of anilines is 1. The van der Waals surface area contributed by atoms with Crippen LogP contribution in [0.15, 0.2) is 29.4 Å². The molecule has 1 aromatic carbocycles. The normalized spacial score (nSPS) is 13.0. The summed E-state index contributed by atoms with van der Waals surface area (Å²) in [5.41, 5.74) is 7.17. The molecule has 1 atom stereocenters. The zero-order valence-electron chi connectivity index (χ0n) is 11.5. The lowest BCUT2D eigenvalue weighted by Crippen LogP contribution is -2.34. The van der Waals surface area contributed by atoms with Gasteiger partial charge in [-0.15, -0.1) is 0 Å². The zero-order valence-corrected chi connectivity index (χ0v) is 11.5. The largest absolute Gasteiger partial charge is 0.409 e. The molecule has 5 N–H and O–H groups in total. The number of aliphatic hydroxyl groups is 1. The number of hydrogen-bond donors (Lipinski definition) is 4. The van der Waals surface area contributed by atoms with E-state index in [1.807, 2.05) is 19.1 Å². The first-order chi connectivity index (χ1) is 9.62. The van der Waals surface area contributed by atoms with E-state index in [1.165, 1.54) is 0 Å². The molecule has 6 nitrogen and oxygen atoms in total. The van der Waals surface area contributed by atoms with Gasteiger partial charge in [0.1, 0.15) is 0 Å². The molecule has 1 rings (SSSR count). The molecule has 0 spiro atoms. The van der Waals surface area contributed by atoms with Crippen LogP contribution in [0.25, 0.3) is 0 Å². The second kappa shape index (κ2) is 8.16. The predicted octanol–water partition coefficient (Wildman–Crippen LogP) is 1.32. The van der Waals surface area contributed by atoms with E-state index in [2.05, 4.69) is 10.5 Å². The summed E-state index contributed by atoms with van der Waals surface area (Å²) in [5, 5.41) is 23.2. The number of rotatable bonds is 7. The Kier molecular flexibility index (Phi) is 6.52. The van der Waals surface area contributed by atoms with Crippen molar-refractivity contribution in [3.05, 3.63) is 29.8 Å². The van der Waals surface area contributed by atoms with E-state index in [9.17, 15) is 4.79 Å². The molecule has 0 aliphatic rings. The Balaban J connectivity index is 2.72. The van der Waals surface area contributed by atoms with E-state index in [0.29, 0.717) is 18.5 Å². The van der Waals surface area contributed by atoms with Gasteiger partial charge in [-0.2, -0.15) is 0 Å². The van der Waals surface area contributed by atoms with Crippen molar-refractivity contribution in [1.82, 2.24) is 0 Å². The molecule has 110 valence electrons. The first-order valence-corrected chi connectivity index (χ1v) is 6.60.